The number of hydrogen-bond donors (Lipinski definition) is 0. The van der Waals surface area contributed by atoms with Crippen LogP contribution in [-0.4, -0.2) is 39.1 Å². The Morgan fingerprint density at radius 1 is 0.656 bits per heavy atom. The average Bonchev–Trinajstić information content (AvgIpc) is 2.82. The van der Waals surface area contributed by atoms with E-state index in [9.17, 15) is 0 Å². The Labute approximate surface area is 207 Å². The molecule has 2 aliphatic heterocycles. The van der Waals surface area contributed by atoms with Gasteiger partial charge in [-0.3, -0.25) is 0 Å². The van der Waals surface area contributed by atoms with Crippen LogP contribution in [-0.2, 0) is 0 Å². The minimum absolute atomic E-state index is 0.355. The number of aliphatic imine (C=N–C) groups is 2. The van der Waals surface area contributed by atoms with Gasteiger partial charge in [0.1, 0.15) is 0 Å². The summed E-state index contributed by atoms with van der Waals surface area (Å²) in [5, 5.41) is 2.85. The Hall–Kier alpha value is -0.921. The van der Waals surface area contributed by atoms with E-state index in [-0.39, 0.29) is 0 Å². The second-order valence-corrected chi connectivity index (χ2v) is 14.1. The van der Waals surface area contributed by atoms with Crippen molar-refractivity contribution in [3.63, 3.8) is 0 Å². The third-order valence-electron chi connectivity index (χ3n) is 7.00. The molecule has 2 unspecified atom stereocenters. The van der Waals surface area contributed by atoms with E-state index in [4.69, 9.17) is 9.98 Å². The molecule has 2 heterocycles. The molecule has 2 atom stereocenters. The summed E-state index contributed by atoms with van der Waals surface area (Å²) in [6, 6.07) is 9.37. The van der Waals surface area contributed by atoms with Gasteiger partial charge in [0.05, 0.1) is 0 Å². The molecule has 0 bridgehead atoms. The molecule has 2 aromatic rings. The monoisotopic (exact) mass is 562 g/mol. The predicted molar refractivity (Wildman–Crippen MR) is 145 cm³/mol. The maximum atomic E-state index is 5.22. The van der Waals surface area contributed by atoms with Crippen molar-refractivity contribution < 1.29 is 0 Å². The zero-order valence-corrected chi connectivity index (χ0v) is 23.7. The summed E-state index contributed by atoms with van der Waals surface area (Å²) >= 11 is 0.711. The first-order chi connectivity index (χ1) is 15.7. The fourth-order valence-electron chi connectivity index (χ4n) is 4.88. The van der Waals surface area contributed by atoms with Gasteiger partial charge in [0.15, 0.2) is 0 Å². The standard InChI is InChI=1S/C28H38N2Se2/c1-5-9-11-19(7-3)17-25-29-21-13-16-24-28-22(14-15-23(31-25)27(21)28)30-26(32-24)18-20(8-4)12-10-6-2/h13-16,19-20H,5-12,17-18H2,1-4H3. The molecule has 4 rings (SSSR count). The molecular weight excluding hydrogens is 522 g/mol. The van der Waals surface area contributed by atoms with Gasteiger partial charge in [-0.25, -0.2) is 0 Å². The molecule has 0 radical (unpaired) electrons. The Morgan fingerprint density at radius 3 is 1.47 bits per heavy atom. The quantitative estimate of drug-likeness (QED) is 0.255. The van der Waals surface area contributed by atoms with Crippen LogP contribution in [0.4, 0.5) is 11.4 Å². The number of unbranched alkanes of at least 4 members (excludes halogenated alkanes) is 2. The van der Waals surface area contributed by atoms with E-state index in [1.807, 2.05) is 0 Å². The molecule has 172 valence electrons. The molecule has 0 saturated carbocycles. The summed E-state index contributed by atoms with van der Waals surface area (Å²) in [6.07, 6.45) is 12.9. The van der Waals surface area contributed by atoms with Crippen molar-refractivity contribution in [3.8, 4) is 0 Å². The molecule has 0 aliphatic carbocycles. The van der Waals surface area contributed by atoms with Gasteiger partial charge in [-0.15, -0.1) is 0 Å². The molecule has 4 heteroatoms. The van der Waals surface area contributed by atoms with Crippen LogP contribution in [0.1, 0.15) is 91.9 Å². The van der Waals surface area contributed by atoms with Gasteiger partial charge in [-0.2, -0.15) is 0 Å². The van der Waals surface area contributed by atoms with Crippen molar-refractivity contribution in [1.82, 2.24) is 0 Å². The van der Waals surface area contributed by atoms with Crippen molar-refractivity contribution in [2.75, 3.05) is 0 Å². The second kappa shape index (κ2) is 11.5. The molecule has 0 amide bonds. The Balaban J connectivity index is 1.60. The molecule has 32 heavy (non-hydrogen) atoms. The van der Waals surface area contributed by atoms with Crippen LogP contribution >= 0.6 is 0 Å². The summed E-state index contributed by atoms with van der Waals surface area (Å²) in [5.74, 6) is 1.58. The van der Waals surface area contributed by atoms with Crippen molar-refractivity contribution in [3.05, 3.63) is 24.3 Å². The molecule has 2 nitrogen and oxygen atoms in total. The van der Waals surface area contributed by atoms with Crippen LogP contribution in [0.5, 0.6) is 0 Å². The predicted octanol–water partition coefficient (Wildman–Crippen LogP) is 6.80. The second-order valence-electron chi connectivity index (χ2n) is 9.37. The molecule has 0 saturated heterocycles. The van der Waals surface area contributed by atoms with Crippen LogP contribution in [0.3, 0.4) is 0 Å². The van der Waals surface area contributed by atoms with E-state index < -0.39 is 0 Å². The number of rotatable bonds is 12. The zero-order chi connectivity index (χ0) is 22.5. The van der Waals surface area contributed by atoms with Gasteiger partial charge in [0.2, 0.25) is 0 Å². The molecule has 0 fully saturated rings. The van der Waals surface area contributed by atoms with Gasteiger partial charge in [0, 0.05) is 0 Å². The zero-order valence-electron chi connectivity index (χ0n) is 20.2. The number of nitrogens with zero attached hydrogens (tertiary/aromatic N) is 2. The fourth-order valence-corrected chi connectivity index (χ4v) is 9.75. The first kappa shape index (κ1) is 24.2. The van der Waals surface area contributed by atoms with E-state index >= 15 is 0 Å². The topological polar surface area (TPSA) is 24.7 Å². The normalized spacial score (nSPS) is 16.6. The summed E-state index contributed by atoms with van der Waals surface area (Å²) in [6.45, 7) is 9.29. The Kier molecular flexibility index (Phi) is 8.68. The van der Waals surface area contributed by atoms with Crippen molar-refractivity contribution in [1.29, 1.82) is 0 Å². The third-order valence-corrected chi connectivity index (χ3v) is 11.4. The van der Waals surface area contributed by atoms with Gasteiger partial charge >= 0.3 is 208 Å². The fraction of sp³-hybridized carbons (Fsp3) is 0.571. The molecule has 0 spiro atoms. The van der Waals surface area contributed by atoms with Gasteiger partial charge in [-0.05, 0) is 0 Å². The van der Waals surface area contributed by atoms with Crippen LogP contribution in [0.2, 0.25) is 0 Å². The maximum absolute atomic E-state index is 5.22. The number of benzene rings is 2. The summed E-state index contributed by atoms with van der Waals surface area (Å²) < 4.78 is 5.96. The first-order valence-electron chi connectivity index (χ1n) is 12.8. The van der Waals surface area contributed by atoms with E-state index in [2.05, 4.69) is 52.0 Å². The summed E-state index contributed by atoms with van der Waals surface area (Å²) in [5.41, 5.74) is 2.41. The van der Waals surface area contributed by atoms with Crippen LogP contribution < -0.4 is 8.92 Å². The molecule has 0 aromatic heterocycles. The number of hydrogen-bond acceptors (Lipinski definition) is 2. The van der Waals surface area contributed by atoms with Crippen LogP contribution in [0.25, 0.3) is 10.8 Å². The summed E-state index contributed by atoms with van der Waals surface area (Å²) in [7, 11) is 0. The van der Waals surface area contributed by atoms with Crippen LogP contribution in [0, 0.1) is 11.8 Å². The van der Waals surface area contributed by atoms with Crippen LogP contribution in [0.15, 0.2) is 34.3 Å². The molecule has 0 N–H and O–H groups in total. The Bertz CT molecular complexity index is 927. The average molecular weight is 561 g/mol. The van der Waals surface area contributed by atoms with Crippen molar-refractivity contribution in [2.45, 2.75) is 91.9 Å². The Morgan fingerprint density at radius 2 is 1.09 bits per heavy atom. The van der Waals surface area contributed by atoms with Gasteiger partial charge < -0.3 is 0 Å². The van der Waals surface area contributed by atoms with Crippen molar-refractivity contribution >= 4 is 70.2 Å². The van der Waals surface area contributed by atoms with E-state index in [0.29, 0.717) is 29.9 Å². The molecule has 2 aromatic carbocycles. The molecule has 2 aliphatic rings. The van der Waals surface area contributed by atoms with E-state index in [1.54, 1.807) is 0 Å². The summed E-state index contributed by atoms with van der Waals surface area (Å²) in [4.78, 5) is 10.4. The van der Waals surface area contributed by atoms with Crippen molar-refractivity contribution in [2.24, 2.45) is 21.8 Å². The first-order valence-corrected chi connectivity index (χ1v) is 16.2. The van der Waals surface area contributed by atoms with E-state index in [0.717, 1.165) is 11.8 Å². The minimum atomic E-state index is 0.355. The third kappa shape index (κ3) is 5.41. The molecular formula is C28H38N2Se2. The SMILES string of the molecule is CCCCC(CC)CC1=Nc2ccc3c4c(ccc(c24)[Se]1)N=C(CC(CC)CCCC)[Se]3. The van der Waals surface area contributed by atoms with Gasteiger partial charge in [-0.1, -0.05) is 0 Å². The van der Waals surface area contributed by atoms with E-state index in [1.165, 1.54) is 104 Å². The van der Waals surface area contributed by atoms with Gasteiger partial charge in [0.25, 0.3) is 0 Å².